The van der Waals surface area contributed by atoms with E-state index in [1.807, 2.05) is 19.1 Å². The van der Waals surface area contributed by atoms with Crippen molar-refractivity contribution in [2.45, 2.75) is 20.0 Å². The van der Waals surface area contributed by atoms with E-state index in [1.54, 1.807) is 36.4 Å². The first kappa shape index (κ1) is 19.9. The van der Waals surface area contributed by atoms with Gasteiger partial charge in [0.1, 0.15) is 0 Å². The number of aryl methyl sites for hydroxylation is 1. The van der Waals surface area contributed by atoms with E-state index in [2.05, 4.69) is 10.6 Å². The minimum absolute atomic E-state index is 0.182. The van der Waals surface area contributed by atoms with E-state index < -0.39 is 23.9 Å². The van der Waals surface area contributed by atoms with Crippen molar-refractivity contribution in [3.05, 3.63) is 83.8 Å². The highest BCUT2D eigenvalue weighted by atomic mass is 16.5. The highest BCUT2D eigenvalue weighted by Crippen LogP contribution is 2.14. The summed E-state index contributed by atoms with van der Waals surface area (Å²) in [6.45, 7) is 3.45. The highest BCUT2D eigenvalue weighted by Gasteiger charge is 2.19. The average molecular weight is 392 g/mol. The fourth-order valence-corrected chi connectivity index (χ4v) is 2.45. The summed E-state index contributed by atoms with van der Waals surface area (Å²) in [6.07, 6.45) is 0.437. The van der Waals surface area contributed by atoms with Gasteiger partial charge in [-0.3, -0.25) is 9.59 Å². The van der Waals surface area contributed by atoms with Crippen molar-refractivity contribution in [3.8, 4) is 0 Å². The zero-order valence-corrected chi connectivity index (χ0v) is 16.0. The molecule has 0 bridgehead atoms. The second-order valence-corrected chi connectivity index (χ2v) is 6.41. The lowest BCUT2D eigenvalue weighted by atomic mass is 10.2. The summed E-state index contributed by atoms with van der Waals surface area (Å²) in [5, 5.41) is 5.35. The molecule has 0 saturated carbocycles. The van der Waals surface area contributed by atoms with Crippen LogP contribution in [-0.4, -0.2) is 23.9 Å². The lowest BCUT2D eigenvalue weighted by Crippen LogP contribution is -2.30. The Morgan fingerprint density at radius 2 is 1.52 bits per heavy atom. The molecule has 1 atom stereocenters. The van der Waals surface area contributed by atoms with Crippen LogP contribution in [-0.2, 0) is 9.53 Å². The molecule has 148 valence electrons. The van der Waals surface area contributed by atoms with Gasteiger partial charge in [0.25, 0.3) is 11.8 Å². The van der Waals surface area contributed by atoms with Crippen LogP contribution in [0, 0.1) is 6.92 Å². The van der Waals surface area contributed by atoms with Crippen LogP contribution in [0.2, 0.25) is 0 Å². The molecular formula is C22H20N2O5. The van der Waals surface area contributed by atoms with Crippen molar-refractivity contribution >= 4 is 29.2 Å². The number of benzene rings is 2. The number of carbonyl (C=O) groups excluding carboxylic acids is 3. The monoisotopic (exact) mass is 392 g/mol. The molecule has 0 aliphatic carbocycles. The maximum absolute atomic E-state index is 12.3. The van der Waals surface area contributed by atoms with E-state index >= 15 is 0 Å². The molecule has 1 aromatic heterocycles. The molecule has 0 radical (unpaired) electrons. The Bertz CT molecular complexity index is 993. The van der Waals surface area contributed by atoms with E-state index in [9.17, 15) is 14.4 Å². The molecule has 0 saturated heterocycles. The van der Waals surface area contributed by atoms with Crippen LogP contribution < -0.4 is 10.6 Å². The second-order valence-electron chi connectivity index (χ2n) is 6.41. The van der Waals surface area contributed by atoms with Gasteiger partial charge in [0.2, 0.25) is 0 Å². The third-order valence-electron chi connectivity index (χ3n) is 4.10. The van der Waals surface area contributed by atoms with Gasteiger partial charge in [0.15, 0.2) is 11.9 Å². The molecule has 2 amide bonds. The van der Waals surface area contributed by atoms with Crippen LogP contribution in [0.5, 0.6) is 0 Å². The molecule has 0 unspecified atom stereocenters. The van der Waals surface area contributed by atoms with Crippen LogP contribution in [0.3, 0.4) is 0 Å². The number of ether oxygens (including phenoxy) is 1. The van der Waals surface area contributed by atoms with Gasteiger partial charge in [0, 0.05) is 11.4 Å². The van der Waals surface area contributed by atoms with Crippen LogP contribution in [0.15, 0.2) is 71.3 Å². The topological polar surface area (TPSA) is 97.6 Å². The molecule has 0 aliphatic rings. The maximum atomic E-state index is 12.3. The Hall–Kier alpha value is -3.87. The van der Waals surface area contributed by atoms with Gasteiger partial charge < -0.3 is 19.8 Å². The molecule has 0 spiro atoms. The minimum Gasteiger partial charge on any atom is -0.459 e. The van der Waals surface area contributed by atoms with E-state index in [0.717, 1.165) is 5.56 Å². The largest absolute Gasteiger partial charge is 0.459 e. The number of hydrogen-bond donors (Lipinski definition) is 2. The van der Waals surface area contributed by atoms with Gasteiger partial charge in [-0.05, 0) is 62.4 Å². The van der Waals surface area contributed by atoms with Gasteiger partial charge in [-0.1, -0.05) is 17.7 Å². The van der Waals surface area contributed by atoms with Crippen molar-refractivity contribution < 1.29 is 23.5 Å². The number of anilines is 2. The number of furan rings is 1. The fraction of sp³-hybridized carbons (Fsp3) is 0.136. The molecule has 0 aliphatic heterocycles. The first-order valence-corrected chi connectivity index (χ1v) is 8.96. The smallest absolute Gasteiger partial charge is 0.338 e. The van der Waals surface area contributed by atoms with Crippen molar-refractivity contribution in [2.24, 2.45) is 0 Å². The predicted octanol–water partition coefficient (Wildman–Crippen LogP) is 4.02. The van der Waals surface area contributed by atoms with Gasteiger partial charge in [-0.25, -0.2) is 4.79 Å². The van der Waals surface area contributed by atoms with Gasteiger partial charge in [-0.2, -0.15) is 0 Å². The summed E-state index contributed by atoms with van der Waals surface area (Å²) < 4.78 is 10.2. The maximum Gasteiger partial charge on any atom is 0.338 e. The van der Waals surface area contributed by atoms with Crippen molar-refractivity contribution in [1.82, 2.24) is 0 Å². The standard InChI is InChI=1S/C22H20N2O5/c1-14-5-9-17(10-6-14)23-20(25)15(2)29-22(27)16-7-11-18(12-8-16)24-21(26)19-4-3-13-28-19/h3-13,15H,1-2H3,(H,23,25)(H,24,26)/t15-/m0/s1. The van der Waals surface area contributed by atoms with Crippen LogP contribution in [0.25, 0.3) is 0 Å². The summed E-state index contributed by atoms with van der Waals surface area (Å²) in [7, 11) is 0. The zero-order valence-electron chi connectivity index (χ0n) is 16.0. The quantitative estimate of drug-likeness (QED) is 0.618. The first-order chi connectivity index (χ1) is 13.9. The van der Waals surface area contributed by atoms with Gasteiger partial charge >= 0.3 is 5.97 Å². The Morgan fingerprint density at radius 3 is 2.14 bits per heavy atom. The number of hydrogen-bond acceptors (Lipinski definition) is 5. The van der Waals surface area contributed by atoms with Crippen LogP contribution in [0.4, 0.5) is 11.4 Å². The first-order valence-electron chi connectivity index (χ1n) is 8.96. The van der Waals surface area contributed by atoms with Crippen LogP contribution >= 0.6 is 0 Å². The van der Waals surface area contributed by atoms with E-state index in [1.165, 1.54) is 25.3 Å². The predicted molar refractivity (Wildman–Crippen MR) is 108 cm³/mol. The average Bonchev–Trinajstić information content (AvgIpc) is 3.25. The van der Waals surface area contributed by atoms with Crippen molar-refractivity contribution in [1.29, 1.82) is 0 Å². The molecule has 2 aromatic carbocycles. The number of esters is 1. The van der Waals surface area contributed by atoms with Crippen molar-refractivity contribution in [3.63, 3.8) is 0 Å². The second kappa shape index (κ2) is 8.88. The lowest BCUT2D eigenvalue weighted by molar-refractivity contribution is -0.123. The summed E-state index contributed by atoms with van der Waals surface area (Å²) in [5.41, 5.74) is 2.45. The Morgan fingerprint density at radius 1 is 0.897 bits per heavy atom. The number of amides is 2. The van der Waals surface area contributed by atoms with Crippen LogP contribution in [0.1, 0.15) is 33.4 Å². The zero-order chi connectivity index (χ0) is 20.8. The number of rotatable bonds is 6. The van der Waals surface area contributed by atoms with E-state index in [-0.39, 0.29) is 11.3 Å². The Balaban J connectivity index is 1.54. The van der Waals surface area contributed by atoms with E-state index in [0.29, 0.717) is 11.4 Å². The molecule has 3 aromatic rings. The molecule has 29 heavy (non-hydrogen) atoms. The molecule has 1 heterocycles. The Labute approximate surface area is 167 Å². The summed E-state index contributed by atoms with van der Waals surface area (Å²) in [6, 6.07) is 16.6. The molecule has 7 heteroatoms. The fourth-order valence-electron chi connectivity index (χ4n) is 2.45. The number of nitrogens with one attached hydrogen (secondary N) is 2. The third kappa shape index (κ3) is 5.32. The Kier molecular flexibility index (Phi) is 6.09. The number of carbonyl (C=O) groups is 3. The van der Waals surface area contributed by atoms with Crippen molar-refractivity contribution in [2.75, 3.05) is 10.6 Å². The van der Waals surface area contributed by atoms with E-state index in [4.69, 9.17) is 9.15 Å². The highest BCUT2D eigenvalue weighted by molar-refractivity contribution is 6.02. The molecular weight excluding hydrogens is 372 g/mol. The summed E-state index contributed by atoms with van der Waals surface area (Å²) >= 11 is 0. The molecule has 2 N–H and O–H groups in total. The third-order valence-corrected chi connectivity index (χ3v) is 4.10. The van der Waals surface area contributed by atoms with Gasteiger partial charge in [0.05, 0.1) is 11.8 Å². The molecule has 7 nitrogen and oxygen atoms in total. The molecule has 3 rings (SSSR count). The normalized spacial score (nSPS) is 11.4. The summed E-state index contributed by atoms with van der Waals surface area (Å²) in [4.78, 5) is 36.4. The lowest BCUT2D eigenvalue weighted by Gasteiger charge is -2.14. The minimum atomic E-state index is -0.970. The summed E-state index contributed by atoms with van der Waals surface area (Å²) in [5.74, 6) is -1.28. The molecule has 0 fully saturated rings. The van der Waals surface area contributed by atoms with Gasteiger partial charge in [-0.15, -0.1) is 0 Å². The SMILES string of the molecule is Cc1ccc(NC(=O)[C@H](C)OC(=O)c2ccc(NC(=O)c3ccco3)cc2)cc1.